The molecule has 11 heteroatoms. The molecule has 3 rings (SSSR count). The Morgan fingerprint density at radius 3 is 2.27 bits per heavy atom. The summed E-state index contributed by atoms with van der Waals surface area (Å²) in [4.78, 5) is 10.4. The molecule has 0 radical (unpaired) electrons. The molecule has 0 aliphatic heterocycles. The van der Waals surface area contributed by atoms with E-state index in [9.17, 15) is 18.5 Å². The lowest BCUT2D eigenvalue weighted by molar-refractivity contribution is -0.384. The zero-order valence-electron chi connectivity index (χ0n) is 16.3. The fourth-order valence-corrected chi connectivity index (χ4v) is 3.20. The molecule has 0 saturated carbocycles. The first kappa shape index (κ1) is 21.3. The number of azo groups is 1. The van der Waals surface area contributed by atoms with Gasteiger partial charge >= 0.3 is 0 Å². The summed E-state index contributed by atoms with van der Waals surface area (Å²) in [5, 5.41) is 28.9. The highest BCUT2D eigenvalue weighted by Gasteiger charge is 2.13. The molecule has 0 spiro atoms. The maximum atomic E-state index is 11.3. The summed E-state index contributed by atoms with van der Waals surface area (Å²) < 4.78 is 24.3. The van der Waals surface area contributed by atoms with Gasteiger partial charge in [0, 0.05) is 12.1 Å². The number of hydrogen-bond donors (Lipinski definition) is 1. The number of rotatable bonds is 7. The van der Waals surface area contributed by atoms with Crippen molar-refractivity contribution in [2.75, 3.05) is 0 Å². The number of hydrogen-bond acceptors (Lipinski definition) is 7. The van der Waals surface area contributed by atoms with Crippen LogP contribution < -0.4 is 5.14 Å². The van der Waals surface area contributed by atoms with E-state index in [0.29, 0.717) is 29.4 Å². The molecule has 0 aliphatic rings. The third kappa shape index (κ3) is 5.13. The van der Waals surface area contributed by atoms with Gasteiger partial charge in [-0.3, -0.25) is 10.1 Å². The summed E-state index contributed by atoms with van der Waals surface area (Å²) in [5.41, 5.74) is 2.40. The standard InChI is InChI=1S/C19H20N6O4S/c1-13(2)11-18-19(22-21-14-3-9-17(10-4-14)30(20,28)29)12-24(23-18)15-5-7-16(8-6-15)25(26)27/h3-10,12-13H,11H2,1-2H3,(H2,20,28,29). The van der Waals surface area contributed by atoms with E-state index in [1.807, 2.05) is 0 Å². The average Bonchev–Trinajstić information content (AvgIpc) is 3.08. The quantitative estimate of drug-likeness (QED) is 0.343. The molecule has 2 N–H and O–H groups in total. The van der Waals surface area contributed by atoms with Gasteiger partial charge in [0.25, 0.3) is 5.69 Å². The van der Waals surface area contributed by atoms with E-state index >= 15 is 0 Å². The van der Waals surface area contributed by atoms with Crippen LogP contribution in [-0.4, -0.2) is 23.1 Å². The molecule has 30 heavy (non-hydrogen) atoms. The Bertz CT molecular complexity index is 1180. The van der Waals surface area contributed by atoms with Crippen molar-refractivity contribution in [3.63, 3.8) is 0 Å². The normalized spacial score (nSPS) is 12.0. The molecule has 2 aromatic carbocycles. The van der Waals surface area contributed by atoms with Gasteiger partial charge in [0.15, 0.2) is 0 Å². The summed E-state index contributed by atoms with van der Waals surface area (Å²) in [7, 11) is -3.77. The third-order valence-corrected chi connectivity index (χ3v) is 5.06. The molecule has 0 unspecified atom stereocenters. The van der Waals surface area contributed by atoms with Crippen molar-refractivity contribution in [3.8, 4) is 5.69 Å². The first-order valence-corrected chi connectivity index (χ1v) is 10.6. The van der Waals surface area contributed by atoms with E-state index < -0.39 is 14.9 Å². The zero-order chi connectivity index (χ0) is 21.9. The topological polar surface area (TPSA) is 146 Å². The van der Waals surface area contributed by atoms with Gasteiger partial charge in [0.05, 0.1) is 33.1 Å². The molecular formula is C19H20N6O4S. The van der Waals surface area contributed by atoms with Gasteiger partial charge in [0.2, 0.25) is 10.0 Å². The number of benzene rings is 2. The van der Waals surface area contributed by atoms with Gasteiger partial charge < -0.3 is 0 Å². The van der Waals surface area contributed by atoms with E-state index in [1.165, 1.54) is 36.4 Å². The first-order valence-electron chi connectivity index (χ1n) is 9.01. The molecule has 3 aromatic rings. The van der Waals surface area contributed by atoms with Crippen LogP contribution in [0.2, 0.25) is 0 Å². The Labute approximate surface area is 173 Å². The second-order valence-corrected chi connectivity index (χ2v) is 8.58. The van der Waals surface area contributed by atoms with E-state index in [4.69, 9.17) is 5.14 Å². The highest BCUT2D eigenvalue weighted by Crippen LogP contribution is 2.26. The van der Waals surface area contributed by atoms with Crippen LogP contribution in [0, 0.1) is 16.0 Å². The summed E-state index contributed by atoms with van der Waals surface area (Å²) >= 11 is 0. The molecule has 10 nitrogen and oxygen atoms in total. The fraction of sp³-hybridized carbons (Fsp3) is 0.211. The van der Waals surface area contributed by atoms with Crippen LogP contribution >= 0.6 is 0 Å². The highest BCUT2D eigenvalue weighted by molar-refractivity contribution is 7.89. The van der Waals surface area contributed by atoms with Crippen molar-refractivity contribution < 1.29 is 13.3 Å². The highest BCUT2D eigenvalue weighted by atomic mass is 32.2. The van der Waals surface area contributed by atoms with Crippen LogP contribution in [0.15, 0.2) is 69.9 Å². The monoisotopic (exact) mass is 428 g/mol. The van der Waals surface area contributed by atoms with E-state index in [2.05, 4.69) is 29.2 Å². The molecular weight excluding hydrogens is 408 g/mol. The Kier molecular flexibility index (Phi) is 6.04. The third-order valence-electron chi connectivity index (χ3n) is 4.13. The molecule has 0 amide bonds. The molecule has 0 aliphatic carbocycles. The first-order chi connectivity index (χ1) is 14.1. The van der Waals surface area contributed by atoms with Crippen LogP contribution in [0.5, 0.6) is 0 Å². The predicted octanol–water partition coefficient (Wildman–Crippen LogP) is 4.04. The largest absolute Gasteiger partial charge is 0.269 e. The number of sulfonamides is 1. The lowest BCUT2D eigenvalue weighted by atomic mass is 10.1. The number of nitrogens with two attached hydrogens (primary N) is 1. The second-order valence-electron chi connectivity index (χ2n) is 7.02. The van der Waals surface area contributed by atoms with Crippen LogP contribution in [0.3, 0.4) is 0 Å². The summed E-state index contributed by atoms with van der Waals surface area (Å²) in [6.07, 6.45) is 2.36. The smallest absolute Gasteiger partial charge is 0.258 e. The molecule has 0 fully saturated rings. The Morgan fingerprint density at radius 2 is 1.73 bits per heavy atom. The van der Waals surface area contributed by atoms with Crippen LogP contribution in [0.25, 0.3) is 5.69 Å². The SMILES string of the molecule is CC(C)Cc1nn(-c2ccc([N+](=O)[O-])cc2)cc1N=Nc1ccc(S(N)(=O)=O)cc1. The van der Waals surface area contributed by atoms with Crippen molar-refractivity contribution in [1.29, 1.82) is 0 Å². The minimum absolute atomic E-state index is 0.00355. The van der Waals surface area contributed by atoms with Crippen molar-refractivity contribution >= 4 is 27.1 Å². The number of nitro benzene ring substituents is 1. The summed E-state index contributed by atoms with van der Waals surface area (Å²) in [6.45, 7) is 4.11. The number of nitrogens with zero attached hydrogens (tertiary/aromatic N) is 5. The van der Waals surface area contributed by atoms with E-state index in [-0.39, 0.29) is 10.6 Å². The molecule has 156 valence electrons. The van der Waals surface area contributed by atoms with Crippen LogP contribution in [0.1, 0.15) is 19.5 Å². The van der Waals surface area contributed by atoms with Crippen molar-refractivity contribution in [1.82, 2.24) is 9.78 Å². The average molecular weight is 428 g/mol. The molecule has 0 saturated heterocycles. The molecule has 0 bridgehead atoms. The van der Waals surface area contributed by atoms with E-state index in [1.54, 1.807) is 23.0 Å². The fourth-order valence-electron chi connectivity index (χ4n) is 2.69. The Hall–Kier alpha value is -3.44. The van der Waals surface area contributed by atoms with Gasteiger partial charge in [-0.1, -0.05) is 13.8 Å². The number of aromatic nitrogens is 2. The van der Waals surface area contributed by atoms with E-state index in [0.717, 1.165) is 5.69 Å². The van der Waals surface area contributed by atoms with Crippen molar-refractivity contribution in [2.24, 2.45) is 21.3 Å². The van der Waals surface area contributed by atoms with Gasteiger partial charge in [0.1, 0.15) is 5.69 Å². The Balaban J connectivity index is 1.91. The summed E-state index contributed by atoms with van der Waals surface area (Å²) in [6, 6.07) is 11.8. The van der Waals surface area contributed by atoms with Gasteiger partial charge in [-0.15, -0.1) is 5.11 Å². The molecule has 0 atom stereocenters. The van der Waals surface area contributed by atoms with Crippen LogP contribution in [-0.2, 0) is 16.4 Å². The van der Waals surface area contributed by atoms with Gasteiger partial charge in [-0.05, 0) is 48.7 Å². The minimum atomic E-state index is -3.77. The lowest BCUT2D eigenvalue weighted by Gasteiger charge is -2.02. The number of non-ortho nitro benzene ring substituents is 1. The predicted molar refractivity (Wildman–Crippen MR) is 111 cm³/mol. The lowest BCUT2D eigenvalue weighted by Crippen LogP contribution is -2.11. The Morgan fingerprint density at radius 1 is 1.10 bits per heavy atom. The zero-order valence-corrected chi connectivity index (χ0v) is 17.2. The minimum Gasteiger partial charge on any atom is -0.258 e. The van der Waals surface area contributed by atoms with Crippen LogP contribution in [0.4, 0.5) is 17.1 Å². The van der Waals surface area contributed by atoms with Crippen molar-refractivity contribution in [3.05, 3.63) is 70.5 Å². The number of nitro groups is 1. The maximum absolute atomic E-state index is 11.3. The molecule has 1 heterocycles. The van der Waals surface area contributed by atoms with Gasteiger partial charge in [-0.2, -0.15) is 10.2 Å². The number of primary sulfonamides is 1. The molecule has 1 aromatic heterocycles. The second kappa shape index (κ2) is 8.51. The van der Waals surface area contributed by atoms with Gasteiger partial charge in [-0.25, -0.2) is 18.2 Å². The maximum Gasteiger partial charge on any atom is 0.269 e. The van der Waals surface area contributed by atoms with Crippen molar-refractivity contribution in [2.45, 2.75) is 25.2 Å². The summed E-state index contributed by atoms with van der Waals surface area (Å²) in [5.74, 6) is 0.327.